The van der Waals surface area contributed by atoms with E-state index in [2.05, 4.69) is 0 Å². The molecule has 5 nitrogen and oxygen atoms in total. The molecule has 1 aliphatic carbocycles. The molecule has 1 aromatic carbocycles. The van der Waals surface area contributed by atoms with Gasteiger partial charge in [0.05, 0.1) is 7.11 Å². The third-order valence-corrected chi connectivity index (χ3v) is 2.94. The molecule has 5 heteroatoms. The second-order valence-electron chi connectivity index (χ2n) is 4.26. The van der Waals surface area contributed by atoms with Crippen LogP contribution in [0.2, 0.25) is 0 Å². The van der Waals surface area contributed by atoms with Crippen molar-refractivity contribution in [3.63, 3.8) is 0 Å². The van der Waals surface area contributed by atoms with E-state index in [9.17, 15) is 14.4 Å². The number of Topliss-reactive ketones (excluding diaryl/α,β-unsaturated/α-hetero) is 2. The second kappa shape index (κ2) is 5.22. The smallest absolute Gasteiger partial charge is 0.306 e. The highest BCUT2D eigenvalue weighted by atomic mass is 16.6. The molecule has 0 fully saturated rings. The number of methoxy groups -OCH3 is 1. The highest BCUT2D eigenvalue weighted by Gasteiger charge is 2.41. The summed E-state index contributed by atoms with van der Waals surface area (Å²) in [5, 5.41) is 0. The van der Waals surface area contributed by atoms with E-state index < -0.39 is 23.6 Å². The van der Waals surface area contributed by atoms with Crippen LogP contribution in [-0.2, 0) is 9.53 Å². The van der Waals surface area contributed by atoms with Crippen molar-refractivity contribution in [1.82, 2.24) is 0 Å². The van der Waals surface area contributed by atoms with Gasteiger partial charge in [-0.3, -0.25) is 14.4 Å². The molecule has 100 valence electrons. The highest BCUT2D eigenvalue weighted by Crippen LogP contribution is 2.28. The summed E-state index contributed by atoms with van der Waals surface area (Å²) in [5.74, 6) is -0.995. The number of ketones is 2. The number of ether oxygens (including phenoxy) is 2. The van der Waals surface area contributed by atoms with Crippen LogP contribution in [0.1, 0.15) is 40.5 Å². The van der Waals surface area contributed by atoms with E-state index in [1.54, 1.807) is 6.07 Å². The molecule has 2 rings (SSSR count). The van der Waals surface area contributed by atoms with Crippen LogP contribution in [0.3, 0.4) is 0 Å². The Labute approximate surface area is 110 Å². The molecule has 0 radical (unpaired) electrons. The van der Waals surface area contributed by atoms with Crippen molar-refractivity contribution < 1.29 is 23.9 Å². The molecule has 0 aromatic heterocycles. The van der Waals surface area contributed by atoms with Crippen LogP contribution in [0.15, 0.2) is 18.2 Å². The fourth-order valence-corrected chi connectivity index (χ4v) is 1.97. The number of esters is 1. The number of rotatable bonds is 4. The first-order valence-electron chi connectivity index (χ1n) is 6.04. The normalized spacial score (nSPS) is 17.3. The summed E-state index contributed by atoms with van der Waals surface area (Å²) >= 11 is 0. The molecule has 1 aromatic rings. The fraction of sp³-hybridized carbons (Fsp3) is 0.357. The summed E-state index contributed by atoms with van der Waals surface area (Å²) in [6.07, 6.45) is -0.535. The highest BCUT2D eigenvalue weighted by molar-refractivity contribution is 6.29. The van der Waals surface area contributed by atoms with E-state index in [0.29, 0.717) is 12.2 Å². The molecule has 0 bridgehead atoms. The third-order valence-electron chi connectivity index (χ3n) is 2.94. The maximum atomic E-state index is 12.1. The lowest BCUT2D eigenvalue weighted by molar-refractivity contribution is -0.145. The molecule has 0 amide bonds. The van der Waals surface area contributed by atoms with E-state index in [-0.39, 0.29) is 17.5 Å². The fourth-order valence-electron chi connectivity index (χ4n) is 1.97. The van der Waals surface area contributed by atoms with Gasteiger partial charge in [-0.05, 0) is 24.6 Å². The number of hydrogen-bond donors (Lipinski definition) is 0. The zero-order chi connectivity index (χ0) is 14.0. The predicted molar refractivity (Wildman–Crippen MR) is 66.4 cm³/mol. The van der Waals surface area contributed by atoms with Gasteiger partial charge in [-0.2, -0.15) is 0 Å². The molecule has 1 unspecified atom stereocenters. The topological polar surface area (TPSA) is 69.7 Å². The van der Waals surface area contributed by atoms with Gasteiger partial charge in [0.1, 0.15) is 5.75 Å². The van der Waals surface area contributed by atoms with Crippen molar-refractivity contribution in [3.8, 4) is 5.75 Å². The minimum absolute atomic E-state index is 0.191. The minimum Gasteiger partial charge on any atom is -0.497 e. The molecule has 0 saturated heterocycles. The Kier molecular flexibility index (Phi) is 3.64. The van der Waals surface area contributed by atoms with Crippen LogP contribution in [0, 0.1) is 0 Å². The van der Waals surface area contributed by atoms with E-state index in [1.165, 1.54) is 19.2 Å². The SMILES string of the molecule is CCCC(=O)OC1C(=O)c2ccc(OC)cc2C1=O. The standard InChI is InChI=1S/C14H14O5/c1-3-4-11(15)19-14-12(16)9-6-5-8(18-2)7-10(9)13(14)17/h5-7,14H,3-4H2,1-2H3. The summed E-state index contributed by atoms with van der Waals surface area (Å²) < 4.78 is 9.96. The lowest BCUT2D eigenvalue weighted by Gasteiger charge is -2.08. The first-order valence-corrected chi connectivity index (χ1v) is 6.04. The Balaban J connectivity index is 2.26. The Morgan fingerprint density at radius 2 is 1.89 bits per heavy atom. The van der Waals surface area contributed by atoms with Crippen molar-refractivity contribution in [1.29, 1.82) is 0 Å². The van der Waals surface area contributed by atoms with Gasteiger partial charge in [-0.25, -0.2) is 0 Å². The molecule has 1 atom stereocenters. The molecule has 0 saturated carbocycles. The molecule has 1 aliphatic rings. The second-order valence-corrected chi connectivity index (χ2v) is 4.26. The summed E-state index contributed by atoms with van der Waals surface area (Å²) in [6, 6.07) is 4.60. The van der Waals surface area contributed by atoms with Gasteiger partial charge in [-0.1, -0.05) is 6.92 Å². The Morgan fingerprint density at radius 3 is 2.53 bits per heavy atom. The van der Waals surface area contributed by atoms with Crippen molar-refractivity contribution >= 4 is 17.5 Å². The molecule has 0 heterocycles. The van der Waals surface area contributed by atoms with Crippen LogP contribution in [0.4, 0.5) is 0 Å². The summed E-state index contributed by atoms with van der Waals surface area (Å²) in [5.41, 5.74) is 0.527. The summed E-state index contributed by atoms with van der Waals surface area (Å²) in [7, 11) is 1.47. The van der Waals surface area contributed by atoms with Gasteiger partial charge in [0.15, 0.2) is 0 Å². The predicted octanol–water partition coefficient (Wildman–Crippen LogP) is 1.79. The average molecular weight is 262 g/mol. The minimum atomic E-state index is -1.33. The molecule has 0 N–H and O–H groups in total. The van der Waals surface area contributed by atoms with Gasteiger partial charge in [0, 0.05) is 17.5 Å². The maximum Gasteiger partial charge on any atom is 0.306 e. The van der Waals surface area contributed by atoms with Crippen LogP contribution in [-0.4, -0.2) is 30.7 Å². The Morgan fingerprint density at radius 1 is 1.21 bits per heavy atom. The zero-order valence-corrected chi connectivity index (χ0v) is 10.8. The van der Waals surface area contributed by atoms with Crippen LogP contribution in [0.25, 0.3) is 0 Å². The van der Waals surface area contributed by atoms with Crippen molar-refractivity contribution in [2.75, 3.05) is 7.11 Å². The van der Waals surface area contributed by atoms with Gasteiger partial charge < -0.3 is 9.47 Å². The number of benzene rings is 1. The van der Waals surface area contributed by atoms with E-state index in [4.69, 9.17) is 9.47 Å². The van der Waals surface area contributed by atoms with Crippen molar-refractivity contribution in [2.45, 2.75) is 25.9 Å². The molecule has 0 spiro atoms. The lowest BCUT2D eigenvalue weighted by atomic mass is 10.1. The van der Waals surface area contributed by atoms with Crippen LogP contribution >= 0.6 is 0 Å². The van der Waals surface area contributed by atoms with Gasteiger partial charge in [-0.15, -0.1) is 0 Å². The maximum absolute atomic E-state index is 12.1. The third kappa shape index (κ3) is 2.36. The molecule has 0 aliphatic heterocycles. The Bertz CT molecular complexity index is 547. The lowest BCUT2D eigenvalue weighted by Crippen LogP contribution is -2.28. The number of carbonyl (C=O) groups excluding carboxylic acids is 3. The summed E-state index contributed by atoms with van der Waals surface area (Å²) in [6.45, 7) is 1.82. The zero-order valence-electron chi connectivity index (χ0n) is 10.8. The summed E-state index contributed by atoms with van der Waals surface area (Å²) in [4.78, 5) is 35.5. The van der Waals surface area contributed by atoms with Crippen LogP contribution < -0.4 is 4.74 Å². The van der Waals surface area contributed by atoms with Crippen molar-refractivity contribution in [3.05, 3.63) is 29.3 Å². The van der Waals surface area contributed by atoms with Crippen LogP contribution in [0.5, 0.6) is 5.75 Å². The number of hydrogen-bond acceptors (Lipinski definition) is 5. The number of fused-ring (bicyclic) bond motifs is 1. The van der Waals surface area contributed by atoms with Gasteiger partial charge in [0.25, 0.3) is 0 Å². The monoisotopic (exact) mass is 262 g/mol. The van der Waals surface area contributed by atoms with Crippen molar-refractivity contribution in [2.24, 2.45) is 0 Å². The van der Waals surface area contributed by atoms with Gasteiger partial charge in [0.2, 0.25) is 17.7 Å². The van der Waals surface area contributed by atoms with E-state index >= 15 is 0 Å². The molecule has 19 heavy (non-hydrogen) atoms. The van der Waals surface area contributed by atoms with Gasteiger partial charge >= 0.3 is 5.97 Å². The van der Waals surface area contributed by atoms with E-state index in [0.717, 1.165) is 0 Å². The molecular formula is C14H14O5. The number of carbonyl (C=O) groups is 3. The first-order chi connectivity index (χ1) is 9.08. The Hall–Kier alpha value is -2.17. The average Bonchev–Trinajstić information content (AvgIpc) is 2.64. The first kappa shape index (κ1) is 13.3. The van der Waals surface area contributed by atoms with E-state index in [1.807, 2.05) is 6.92 Å². The largest absolute Gasteiger partial charge is 0.497 e. The molecular weight excluding hydrogens is 248 g/mol. The quantitative estimate of drug-likeness (QED) is 0.611.